The van der Waals surface area contributed by atoms with Gasteiger partial charge in [-0.2, -0.15) is 0 Å². The van der Waals surface area contributed by atoms with Crippen molar-refractivity contribution >= 4 is 39.1 Å². The second-order valence-corrected chi connectivity index (χ2v) is 9.56. The molecular formula is C22H23ClN2O5S. The van der Waals surface area contributed by atoms with Gasteiger partial charge >= 0.3 is 11.7 Å². The summed E-state index contributed by atoms with van der Waals surface area (Å²) in [6.45, 7) is 5.90. The Bertz CT molecular complexity index is 1290. The Morgan fingerprint density at radius 3 is 2.71 bits per heavy atom. The Hall–Kier alpha value is -2.42. The van der Waals surface area contributed by atoms with Crippen LogP contribution in [0.1, 0.15) is 36.8 Å². The van der Waals surface area contributed by atoms with Gasteiger partial charge in [0, 0.05) is 16.3 Å². The maximum atomic E-state index is 13.4. The summed E-state index contributed by atoms with van der Waals surface area (Å²) in [5.74, 6) is -0.627. The van der Waals surface area contributed by atoms with Crippen molar-refractivity contribution in [3.8, 4) is 0 Å². The fourth-order valence-electron chi connectivity index (χ4n) is 3.82. The van der Waals surface area contributed by atoms with E-state index in [1.807, 2.05) is 32.0 Å². The zero-order valence-corrected chi connectivity index (χ0v) is 19.1. The molecule has 9 heteroatoms. The number of rotatable bonds is 5. The number of benzene rings is 1. The minimum atomic E-state index is -0.627. The van der Waals surface area contributed by atoms with Crippen molar-refractivity contribution in [2.24, 2.45) is 0 Å². The summed E-state index contributed by atoms with van der Waals surface area (Å²) in [5, 5.41) is 0.990. The van der Waals surface area contributed by atoms with E-state index >= 15 is 0 Å². The van der Waals surface area contributed by atoms with Gasteiger partial charge in [0.15, 0.2) is 0 Å². The lowest BCUT2D eigenvalue weighted by Gasteiger charge is -2.29. The van der Waals surface area contributed by atoms with Crippen LogP contribution in [-0.2, 0) is 40.4 Å². The fraction of sp³-hybridized carbons (Fsp3) is 0.409. The summed E-state index contributed by atoms with van der Waals surface area (Å²) in [7, 11) is 0. The highest BCUT2D eigenvalue weighted by atomic mass is 35.5. The van der Waals surface area contributed by atoms with Gasteiger partial charge in [0.05, 0.1) is 30.7 Å². The molecule has 0 spiro atoms. The van der Waals surface area contributed by atoms with E-state index in [2.05, 4.69) is 0 Å². The number of ether oxygens (including phenoxy) is 2. The maximum absolute atomic E-state index is 13.4. The lowest BCUT2D eigenvalue weighted by molar-refractivity contribution is -0.143. The molecule has 1 aliphatic heterocycles. The molecule has 2 aromatic heterocycles. The first kappa shape index (κ1) is 21.8. The molecule has 0 radical (unpaired) electrons. The van der Waals surface area contributed by atoms with Crippen LogP contribution < -0.4 is 11.2 Å². The van der Waals surface area contributed by atoms with Crippen LogP contribution >= 0.6 is 22.9 Å². The number of aromatic nitrogens is 2. The van der Waals surface area contributed by atoms with Gasteiger partial charge in [-0.1, -0.05) is 29.8 Å². The number of thiophene rings is 1. The minimum absolute atomic E-state index is 0.170. The third kappa shape index (κ3) is 4.07. The molecule has 0 aliphatic carbocycles. The van der Waals surface area contributed by atoms with E-state index in [4.69, 9.17) is 21.1 Å². The predicted molar refractivity (Wildman–Crippen MR) is 120 cm³/mol. The minimum Gasteiger partial charge on any atom is -0.465 e. The lowest BCUT2D eigenvalue weighted by Crippen LogP contribution is -2.42. The Balaban J connectivity index is 1.98. The maximum Gasteiger partial charge on any atom is 0.332 e. The van der Waals surface area contributed by atoms with Crippen LogP contribution in [0.2, 0.25) is 5.02 Å². The quantitative estimate of drug-likeness (QED) is 0.543. The van der Waals surface area contributed by atoms with Crippen LogP contribution in [0.5, 0.6) is 0 Å². The van der Waals surface area contributed by atoms with Crippen LogP contribution in [0.15, 0.2) is 33.9 Å². The van der Waals surface area contributed by atoms with Gasteiger partial charge in [-0.3, -0.25) is 14.2 Å². The zero-order valence-electron chi connectivity index (χ0n) is 17.6. The SMILES string of the molecule is CCOC(=O)Cn1c(=O)c2c3c(sc2n(Cc2ccccc2Cl)c1=O)COC(C)(C)C3. The van der Waals surface area contributed by atoms with Crippen molar-refractivity contribution in [2.75, 3.05) is 6.61 Å². The molecule has 7 nitrogen and oxygen atoms in total. The molecule has 0 fully saturated rings. The number of carbonyl (C=O) groups excluding carboxylic acids is 1. The van der Waals surface area contributed by atoms with Gasteiger partial charge in [0.2, 0.25) is 0 Å². The van der Waals surface area contributed by atoms with E-state index in [-0.39, 0.29) is 13.2 Å². The second kappa shape index (κ2) is 8.26. The number of esters is 1. The molecule has 0 unspecified atom stereocenters. The second-order valence-electron chi connectivity index (χ2n) is 8.07. The monoisotopic (exact) mass is 462 g/mol. The third-order valence-electron chi connectivity index (χ3n) is 5.31. The molecule has 3 heterocycles. The van der Waals surface area contributed by atoms with Gasteiger partial charge in [-0.25, -0.2) is 9.36 Å². The molecule has 4 rings (SSSR count). The van der Waals surface area contributed by atoms with Gasteiger partial charge in [-0.05, 0) is 38.0 Å². The van der Waals surface area contributed by atoms with Crippen molar-refractivity contribution in [1.82, 2.24) is 9.13 Å². The van der Waals surface area contributed by atoms with Crippen molar-refractivity contribution < 1.29 is 14.3 Å². The fourth-order valence-corrected chi connectivity index (χ4v) is 5.23. The van der Waals surface area contributed by atoms with Crippen LogP contribution in [-0.4, -0.2) is 27.3 Å². The predicted octanol–water partition coefficient (Wildman–Crippen LogP) is 3.34. The highest BCUT2D eigenvalue weighted by Crippen LogP contribution is 2.37. The summed E-state index contributed by atoms with van der Waals surface area (Å²) in [6, 6.07) is 7.24. The van der Waals surface area contributed by atoms with Crippen molar-refractivity contribution in [2.45, 2.75) is 52.5 Å². The molecule has 1 aromatic carbocycles. The van der Waals surface area contributed by atoms with E-state index in [1.54, 1.807) is 13.0 Å². The number of nitrogens with zero attached hydrogens (tertiary/aromatic N) is 2. The summed E-state index contributed by atoms with van der Waals surface area (Å²) in [5.41, 5.74) is 0.162. The molecule has 164 valence electrons. The average Bonchev–Trinajstić information content (AvgIpc) is 3.07. The highest BCUT2D eigenvalue weighted by molar-refractivity contribution is 7.18. The number of hydrogen-bond donors (Lipinski definition) is 0. The normalized spacial score (nSPS) is 15.1. The first-order valence-electron chi connectivity index (χ1n) is 10.0. The topological polar surface area (TPSA) is 79.5 Å². The first-order chi connectivity index (χ1) is 14.7. The Morgan fingerprint density at radius 2 is 2.00 bits per heavy atom. The molecule has 0 saturated carbocycles. The molecular weight excluding hydrogens is 440 g/mol. The number of fused-ring (bicyclic) bond motifs is 3. The van der Waals surface area contributed by atoms with E-state index in [0.717, 1.165) is 20.6 Å². The lowest BCUT2D eigenvalue weighted by atomic mass is 9.94. The standard InChI is InChI=1S/C22H23ClN2O5S/c1-4-29-17(26)11-24-19(27)18-14-9-22(2,3)30-12-16(14)31-20(18)25(21(24)28)10-13-7-5-6-8-15(13)23/h5-8H,4,9-12H2,1-3H3. The van der Waals surface area contributed by atoms with Gasteiger partial charge < -0.3 is 9.47 Å². The Kier molecular flexibility index (Phi) is 5.81. The van der Waals surface area contributed by atoms with Gasteiger partial charge in [-0.15, -0.1) is 11.3 Å². The summed E-state index contributed by atoms with van der Waals surface area (Å²) >= 11 is 7.72. The van der Waals surface area contributed by atoms with Crippen LogP contribution in [0.4, 0.5) is 0 Å². The summed E-state index contributed by atoms with van der Waals surface area (Å²) < 4.78 is 13.4. The first-order valence-corrected chi connectivity index (χ1v) is 11.2. The number of carbonyl (C=O) groups is 1. The smallest absolute Gasteiger partial charge is 0.332 e. The highest BCUT2D eigenvalue weighted by Gasteiger charge is 2.32. The van der Waals surface area contributed by atoms with Crippen molar-refractivity contribution in [1.29, 1.82) is 0 Å². The Labute approximate surface area is 187 Å². The largest absolute Gasteiger partial charge is 0.465 e. The molecule has 0 N–H and O–H groups in total. The van der Waals surface area contributed by atoms with E-state index in [1.165, 1.54) is 15.9 Å². The van der Waals surface area contributed by atoms with Crippen LogP contribution in [0.25, 0.3) is 10.2 Å². The summed E-state index contributed by atoms with van der Waals surface area (Å²) in [4.78, 5) is 40.4. The molecule has 31 heavy (non-hydrogen) atoms. The van der Waals surface area contributed by atoms with Gasteiger partial charge in [0.25, 0.3) is 5.56 Å². The molecule has 0 amide bonds. The van der Waals surface area contributed by atoms with E-state index in [9.17, 15) is 14.4 Å². The number of halogens is 1. The van der Waals surface area contributed by atoms with E-state index < -0.39 is 29.4 Å². The Morgan fingerprint density at radius 1 is 1.26 bits per heavy atom. The molecule has 3 aromatic rings. The average molecular weight is 463 g/mol. The van der Waals surface area contributed by atoms with Crippen LogP contribution in [0, 0.1) is 0 Å². The molecule has 0 bridgehead atoms. The number of hydrogen-bond acceptors (Lipinski definition) is 6. The molecule has 1 aliphatic rings. The van der Waals surface area contributed by atoms with Gasteiger partial charge in [0.1, 0.15) is 11.4 Å². The van der Waals surface area contributed by atoms with E-state index in [0.29, 0.717) is 28.3 Å². The third-order valence-corrected chi connectivity index (χ3v) is 6.91. The van der Waals surface area contributed by atoms with Crippen LogP contribution in [0.3, 0.4) is 0 Å². The van der Waals surface area contributed by atoms with Crippen molar-refractivity contribution in [3.63, 3.8) is 0 Å². The van der Waals surface area contributed by atoms with Crippen molar-refractivity contribution in [3.05, 3.63) is 66.1 Å². The molecule has 0 atom stereocenters. The summed E-state index contributed by atoms with van der Waals surface area (Å²) in [6.07, 6.45) is 0.543. The molecule has 0 saturated heterocycles. The zero-order chi connectivity index (χ0) is 22.3.